The third-order valence-corrected chi connectivity index (χ3v) is 2.43. The van der Waals surface area contributed by atoms with E-state index in [0.717, 1.165) is 9.92 Å². The van der Waals surface area contributed by atoms with Crippen molar-refractivity contribution in [3.63, 3.8) is 0 Å². The molecule has 13 heavy (non-hydrogen) atoms. The number of nitrogens with one attached hydrogen (secondary N) is 1. The molecule has 0 unspecified atom stereocenters. The van der Waals surface area contributed by atoms with Crippen LogP contribution in [0.2, 0.25) is 0 Å². The van der Waals surface area contributed by atoms with E-state index < -0.39 is 0 Å². The zero-order valence-corrected chi connectivity index (χ0v) is 9.44. The monoisotopic (exact) mass is 289 g/mol. The van der Waals surface area contributed by atoms with Crippen molar-refractivity contribution in [3.8, 4) is 0 Å². The molecular weight excluding hydrogens is 277 g/mol. The summed E-state index contributed by atoms with van der Waals surface area (Å²) in [7, 11) is 0. The van der Waals surface area contributed by atoms with Crippen molar-refractivity contribution in [3.05, 3.63) is 22.4 Å². The number of hydrogen-bond acceptors (Lipinski definition) is 1. The number of nitrogens with zero attached hydrogens (tertiary/aromatic N) is 2. The summed E-state index contributed by atoms with van der Waals surface area (Å²) >= 11 is 2.22. The van der Waals surface area contributed by atoms with Crippen LogP contribution in [0, 0.1) is 5.41 Å². The van der Waals surface area contributed by atoms with Gasteiger partial charge in [0.1, 0.15) is 6.34 Å². The number of allylic oxidation sites excluding steroid dienone is 2. The lowest BCUT2D eigenvalue weighted by molar-refractivity contribution is 0.563. The Balaban J connectivity index is 2.61. The molecule has 0 aromatic heterocycles. The Morgan fingerprint density at radius 1 is 1.62 bits per heavy atom. The first-order valence-corrected chi connectivity index (χ1v) is 5.15. The summed E-state index contributed by atoms with van der Waals surface area (Å²) in [6.07, 6.45) is 8.95. The largest absolute Gasteiger partial charge is 0.335 e. The van der Waals surface area contributed by atoms with E-state index in [0.29, 0.717) is 6.04 Å². The molecular formula is C9H12IN3. The van der Waals surface area contributed by atoms with Crippen molar-refractivity contribution in [1.29, 1.82) is 5.41 Å². The third-order valence-electron chi connectivity index (χ3n) is 1.71. The Morgan fingerprint density at radius 3 is 2.77 bits per heavy atom. The van der Waals surface area contributed by atoms with Crippen LogP contribution in [0.15, 0.2) is 27.4 Å². The van der Waals surface area contributed by atoms with Crippen LogP contribution < -0.4 is 0 Å². The van der Waals surface area contributed by atoms with Crippen LogP contribution in [0.3, 0.4) is 0 Å². The molecule has 1 fully saturated rings. The Labute approximate surface area is 91.9 Å². The molecule has 4 heteroatoms. The first-order chi connectivity index (χ1) is 6.27. The number of halogens is 1. The number of aliphatic imine (C=N–C) groups is 1. The van der Waals surface area contributed by atoms with E-state index in [4.69, 9.17) is 5.41 Å². The number of hydrogen-bond donors (Lipinski definition) is 1. The van der Waals surface area contributed by atoms with Gasteiger partial charge in [-0.15, -0.1) is 0 Å². The smallest absolute Gasteiger partial charge is 0.108 e. The molecule has 0 atom stereocenters. The van der Waals surface area contributed by atoms with Gasteiger partial charge in [-0.1, -0.05) is 12.7 Å². The minimum absolute atomic E-state index is 0.577. The van der Waals surface area contributed by atoms with Gasteiger partial charge in [-0.25, -0.2) is 4.99 Å². The van der Waals surface area contributed by atoms with Crippen LogP contribution in [0.1, 0.15) is 12.8 Å². The molecule has 0 aromatic carbocycles. The second-order valence-corrected chi connectivity index (χ2v) is 4.04. The van der Waals surface area contributed by atoms with Crippen molar-refractivity contribution < 1.29 is 0 Å². The summed E-state index contributed by atoms with van der Waals surface area (Å²) in [6.45, 7) is 3.68. The quantitative estimate of drug-likeness (QED) is 0.359. The molecule has 0 bridgehead atoms. The van der Waals surface area contributed by atoms with E-state index in [1.807, 2.05) is 11.1 Å². The van der Waals surface area contributed by atoms with Gasteiger partial charge >= 0.3 is 0 Å². The van der Waals surface area contributed by atoms with Gasteiger partial charge in [0.15, 0.2) is 0 Å². The van der Waals surface area contributed by atoms with Gasteiger partial charge in [-0.05, 0) is 35.4 Å². The van der Waals surface area contributed by atoms with Crippen LogP contribution in [0.5, 0.6) is 0 Å². The van der Waals surface area contributed by atoms with Crippen molar-refractivity contribution >= 4 is 35.3 Å². The summed E-state index contributed by atoms with van der Waals surface area (Å²) in [5.74, 6) is 0. The molecule has 1 N–H and O–H groups in total. The fraction of sp³-hybridized carbons (Fsp3) is 0.333. The van der Waals surface area contributed by atoms with E-state index in [-0.39, 0.29) is 0 Å². The van der Waals surface area contributed by atoms with Gasteiger partial charge in [0.25, 0.3) is 0 Å². The lowest BCUT2D eigenvalue weighted by Crippen LogP contribution is -2.17. The molecule has 70 valence electrons. The maximum Gasteiger partial charge on any atom is 0.108 e. The molecule has 1 aliphatic rings. The standard InChI is InChI=1S/C9H12IN3/c1-2-8(10)5-13(7-12-6-11)9-3-4-9/h2,5-7,9,11H,1,3-4H2/b8-5+,11-6?,12-7+. The maximum atomic E-state index is 6.79. The molecule has 0 heterocycles. The zero-order chi connectivity index (χ0) is 9.68. The van der Waals surface area contributed by atoms with Gasteiger partial charge < -0.3 is 4.90 Å². The maximum absolute atomic E-state index is 6.79. The van der Waals surface area contributed by atoms with Crippen LogP contribution in [-0.4, -0.2) is 23.6 Å². The summed E-state index contributed by atoms with van der Waals surface area (Å²) < 4.78 is 1.08. The zero-order valence-electron chi connectivity index (χ0n) is 7.28. The highest BCUT2D eigenvalue weighted by Gasteiger charge is 2.26. The average molecular weight is 289 g/mol. The van der Waals surface area contributed by atoms with E-state index in [1.54, 1.807) is 12.4 Å². The average Bonchev–Trinajstić information content (AvgIpc) is 2.94. The highest BCUT2D eigenvalue weighted by molar-refractivity contribution is 14.1. The van der Waals surface area contributed by atoms with Gasteiger partial charge in [0, 0.05) is 15.8 Å². The molecule has 0 aliphatic heterocycles. The van der Waals surface area contributed by atoms with E-state index >= 15 is 0 Å². The fourth-order valence-electron chi connectivity index (χ4n) is 0.911. The van der Waals surface area contributed by atoms with Crippen molar-refractivity contribution in [2.24, 2.45) is 4.99 Å². The SMILES string of the molecule is C=C/C(I)=C\N(/C=N/C=N)C1CC1. The summed E-state index contributed by atoms with van der Waals surface area (Å²) in [4.78, 5) is 5.82. The molecule has 1 aliphatic carbocycles. The molecule has 1 saturated carbocycles. The van der Waals surface area contributed by atoms with Gasteiger partial charge in [-0.2, -0.15) is 0 Å². The number of rotatable bonds is 5. The third kappa shape index (κ3) is 3.71. The second-order valence-electron chi connectivity index (χ2n) is 2.79. The van der Waals surface area contributed by atoms with Gasteiger partial charge in [0.2, 0.25) is 0 Å². The summed E-state index contributed by atoms with van der Waals surface area (Å²) in [6, 6.07) is 0.577. The van der Waals surface area contributed by atoms with Crippen LogP contribution >= 0.6 is 22.6 Å². The second kappa shape index (κ2) is 5.16. The molecule has 1 rings (SSSR count). The molecule has 0 saturated heterocycles. The molecule has 0 aromatic rings. The Morgan fingerprint density at radius 2 is 2.31 bits per heavy atom. The van der Waals surface area contributed by atoms with Gasteiger partial charge in [0.05, 0.1) is 6.34 Å². The van der Waals surface area contributed by atoms with E-state index in [1.165, 1.54) is 12.8 Å². The normalized spacial score (nSPS) is 17.5. The molecule has 0 spiro atoms. The van der Waals surface area contributed by atoms with E-state index in [2.05, 4.69) is 34.2 Å². The van der Waals surface area contributed by atoms with Gasteiger partial charge in [-0.3, -0.25) is 5.41 Å². The van der Waals surface area contributed by atoms with Crippen LogP contribution in [0.25, 0.3) is 0 Å². The lowest BCUT2D eigenvalue weighted by Gasteiger charge is -2.12. The Bertz CT molecular complexity index is 254. The Kier molecular flexibility index (Phi) is 4.14. The molecule has 0 radical (unpaired) electrons. The minimum Gasteiger partial charge on any atom is -0.335 e. The Hall–Kier alpha value is -0.650. The lowest BCUT2D eigenvalue weighted by atomic mass is 10.5. The first kappa shape index (κ1) is 10.4. The van der Waals surface area contributed by atoms with Crippen LogP contribution in [0.4, 0.5) is 0 Å². The van der Waals surface area contributed by atoms with Crippen molar-refractivity contribution in [2.75, 3.05) is 0 Å². The molecule has 0 amide bonds. The van der Waals surface area contributed by atoms with Crippen molar-refractivity contribution in [2.45, 2.75) is 18.9 Å². The highest BCUT2D eigenvalue weighted by Crippen LogP contribution is 2.27. The first-order valence-electron chi connectivity index (χ1n) is 4.07. The molecule has 3 nitrogen and oxygen atoms in total. The predicted molar refractivity (Wildman–Crippen MR) is 64.4 cm³/mol. The summed E-state index contributed by atoms with van der Waals surface area (Å²) in [5.41, 5.74) is 0. The van der Waals surface area contributed by atoms with E-state index in [9.17, 15) is 0 Å². The topological polar surface area (TPSA) is 39.5 Å². The van der Waals surface area contributed by atoms with Crippen LogP contribution in [-0.2, 0) is 0 Å². The van der Waals surface area contributed by atoms with Crippen molar-refractivity contribution in [1.82, 2.24) is 4.90 Å². The fourth-order valence-corrected chi connectivity index (χ4v) is 1.23. The predicted octanol–water partition coefficient (Wildman–Crippen LogP) is 2.55. The minimum atomic E-state index is 0.577. The summed E-state index contributed by atoms with van der Waals surface area (Å²) in [5, 5.41) is 6.79. The highest BCUT2D eigenvalue weighted by atomic mass is 127.